The molecule has 0 saturated heterocycles. The minimum atomic E-state index is 0.227. The van der Waals surface area contributed by atoms with Crippen LogP contribution in [0.4, 0.5) is 0 Å². The van der Waals surface area contributed by atoms with E-state index in [2.05, 4.69) is 64.1 Å². The molecule has 0 amide bonds. The zero-order chi connectivity index (χ0) is 38.4. The second-order valence-electron chi connectivity index (χ2n) is 15.1. The molecule has 0 aliphatic carbocycles. The molecule has 0 unspecified atom stereocenters. The Balaban J connectivity index is 2.00. The Morgan fingerprint density at radius 3 is 0.944 bits per heavy atom. The first-order valence-electron chi connectivity index (χ1n) is 21.9. The zero-order valence-electron chi connectivity index (χ0n) is 34.4. The number of aryl methyl sites for hydroxylation is 2. The first kappa shape index (κ1) is 43.5. The summed E-state index contributed by atoms with van der Waals surface area (Å²) in [6, 6.07) is 13.8. The second-order valence-corrected chi connectivity index (χ2v) is 15.1. The van der Waals surface area contributed by atoms with E-state index in [9.17, 15) is 10.2 Å². The van der Waals surface area contributed by atoms with Gasteiger partial charge < -0.3 is 29.2 Å². The van der Waals surface area contributed by atoms with Gasteiger partial charge in [0.1, 0.15) is 11.5 Å². The smallest absolute Gasteiger partial charge is 0.161 e. The van der Waals surface area contributed by atoms with Crippen molar-refractivity contribution in [1.29, 1.82) is 0 Å². The van der Waals surface area contributed by atoms with Gasteiger partial charge >= 0.3 is 0 Å². The highest BCUT2D eigenvalue weighted by Crippen LogP contribution is 2.45. The van der Waals surface area contributed by atoms with E-state index in [1.54, 1.807) is 0 Å². The molecule has 2 N–H and O–H groups in total. The number of fused-ring (bicyclic) bond motifs is 6. The Hall–Kier alpha value is -3.22. The number of hydrogen-bond acceptors (Lipinski definition) is 6. The minimum absolute atomic E-state index is 0.227. The van der Waals surface area contributed by atoms with Crippen LogP contribution in [-0.2, 0) is 12.8 Å². The van der Waals surface area contributed by atoms with Gasteiger partial charge in [0.15, 0.2) is 11.5 Å². The Morgan fingerprint density at radius 2 is 0.630 bits per heavy atom. The van der Waals surface area contributed by atoms with Crippen molar-refractivity contribution < 1.29 is 29.2 Å². The van der Waals surface area contributed by atoms with E-state index in [1.807, 2.05) is 0 Å². The standard InChI is InChI=1S/C48H72O6/c1-5-9-19-27-51-45-33-41-39(31-37(45)23-15-13-17-25-49)43-35-47(53-29-21-11-7-3)48(54-30-22-12-8-4)36-44(43)40-32-38(24-16-14-18-26-50)46(34-42(40)41)52-28-20-10-6-2/h31-36,49-50H,5-30H2,1-4H3. The summed E-state index contributed by atoms with van der Waals surface area (Å²) in [5.41, 5.74) is 2.44. The van der Waals surface area contributed by atoms with Gasteiger partial charge in [-0.2, -0.15) is 0 Å². The highest BCUT2D eigenvalue weighted by atomic mass is 16.5. The predicted molar refractivity (Wildman–Crippen MR) is 228 cm³/mol. The second kappa shape index (κ2) is 25.0. The number of unbranched alkanes of at least 4 members (excludes halogenated alkanes) is 12. The molecule has 0 spiro atoms. The van der Waals surface area contributed by atoms with Gasteiger partial charge in [-0.25, -0.2) is 0 Å². The Bertz CT molecular complexity index is 1320. The molecular formula is C48H72O6. The summed E-state index contributed by atoms with van der Waals surface area (Å²) in [6.07, 6.45) is 20.7. The van der Waals surface area contributed by atoms with E-state index < -0.39 is 0 Å². The van der Waals surface area contributed by atoms with Gasteiger partial charge in [-0.1, -0.05) is 91.9 Å². The lowest BCUT2D eigenvalue weighted by atomic mass is 9.89. The van der Waals surface area contributed by atoms with E-state index in [1.165, 1.54) is 43.4 Å². The van der Waals surface area contributed by atoms with Crippen molar-refractivity contribution >= 4 is 32.3 Å². The van der Waals surface area contributed by atoms with Crippen LogP contribution in [0.3, 0.4) is 0 Å². The molecule has 0 bridgehead atoms. The average Bonchev–Trinajstić information content (AvgIpc) is 3.19. The molecule has 6 heteroatoms. The van der Waals surface area contributed by atoms with Crippen LogP contribution in [0.2, 0.25) is 0 Å². The van der Waals surface area contributed by atoms with Gasteiger partial charge in [0.25, 0.3) is 0 Å². The Kier molecular flexibility index (Phi) is 20.2. The molecule has 0 aliphatic heterocycles. The lowest BCUT2D eigenvalue weighted by Crippen LogP contribution is -2.04. The fourth-order valence-corrected chi connectivity index (χ4v) is 7.38. The lowest BCUT2D eigenvalue weighted by molar-refractivity contribution is 0.260. The summed E-state index contributed by atoms with van der Waals surface area (Å²) in [5, 5.41) is 26.0. The molecule has 0 aromatic heterocycles. The maximum Gasteiger partial charge on any atom is 0.161 e. The van der Waals surface area contributed by atoms with Crippen LogP contribution in [-0.4, -0.2) is 49.9 Å². The van der Waals surface area contributed by atoms with Crippen molar-refractivity contribution in [3.63, 3.8) is 0 Å². The van der Waals surface area contributed by atoms with Gasteiger partial charge in [0, 0.05) is 13.2 Å². The minimum Gasteiger partial charge on any atom is -0.493 e. The highest BCUT2D eigenvalue weighted by Gasteiger charge is 2.19. The molecule has 4 aromatic carbocycles. The monoisotopic (exact) mass is 745 g/mol. The first-order valence-corrected chi connectivity index (χ1v) is 21.9. The van der Waals surface area contributed by atoms with Crippen molar-refractivity contribution in [3.8, 4) is 23.0 Å². The summed E-state index contributed by atoms with van der Waals surface area (Å²) in [7, 11) is 0. The number of aliphatic hydroxyl groups is 2. The molecule has 0 atom stereocenters. The van der Waals surface area contributed by atoms with Gasteiger partial charge in [-0.3, -0.25) is 0 Å². The predicted octanol–water partition coefficient (Wildman–Crippen LogP) is 12.8. The maximum atomic E-state index is 9.49. The lowest BCUT2D eigenvalue weighted by Gasteiger charge is -2.21. The third-order valence-electron chi connectivity index (χ3n) is 10.6. The van der Waals surface area contributed by atoms with Crippen LogP contribution < -0.4 is 18.9 Å². The summed E-state index contributed by atoms with van der Waals surface area (Å²) in [6.45, 7) is 12.1. The molecule has 0 aliphatic rings. The van der Waals surface area contributed by atoms with Gasteiger partial charge in [-0.05, 0) is 144 Å². The summed E-state index contributed by atoms with van der Waals surface area (Å²) in [4.78, 5) is 0. The molecule has 0 radical (unpaired) electrons. The number of hydrogen-bond donors (Lipinski definition) is 2. The summed E-state index contributed by atoms with van der Waals surface area (Å²) in [5.74, 6) is 3.57. The highest BCUT2D eigenvalue weighted by molar-refractivity contribution is 6.26. The maximum absolute atomic E-state index is 9.49. The Morgan fingerprint density at radius 1 is 0.333 bits per heavy atom. The molecule has 300 valence electrons. The topological polar surface area (TPSA) is 77.4 Å². The quantitative estimate of drug-likeness (QED) is 0.0409. The molecule has 54 heavy (non-hydrogen) atoms. The van der Waals surface area contributed by atoms with E-state index >= 15 is 0 Å². The molecular weight excluding hydrogens is 673 g/mol. The number of rotatable bonds is 30. The van der Waals surface area contributed by atoms with E-state index in [-0.39, 0.29) is 13.2 Å². The fourth-order valence-electron chi connectivity index (χ4n) is 7.38. The third-order valence-corrected chi connectivity index (χ3v) is 10.6. The summed E-state index contributed by atoms with van der Waals surface area (Å²) < 4.78 is 26.4. The molecule has 0 heterocycles. The van der Waals surface area contributed by atoms with Gasteiger partial charge in [0.05, 0.1) is 26.4 Å². The van der Waals surface area contributed by atoms with Crippen LogP contribution in [0.5, 0.6) is 23.0 Å². The third kappa shape index (κ3) is 12.9. The van der Waals surface area contributed by atoms with Crippen molar-refractivity contribution in [1.82, 2.24) is 0 Å². The van der Waals surface area contributed by atoms with E-state index in [4.69, 9.17) is 18.9 Å². The van der Waals surface area contributed by atoms with Crippen LogP contribution in [0.1, 0.15) is 154 Å². The van der Waals surface area contributed by atoms with Crippen LogP contribution >= 0.6 is 0 Å². The molecule has 0 saturated carbocycles. The van der Waals surface area contributed by atoms with Crippen LogP contribution in [0.25, 0.3) is 32.3 Å². The zero-order valence-corrected chi connectivity index (χ0v) is 34.4. The van der Waals surface area contributed by atoms with Crippen LogP contribution in [0.15, 0.2) is 36.4 Å². The number of benzene rings is 4. The molecule has 0 fully saturated rings. The number of ether oxygens (including phenoxy) is 4. The van der Waals surface area contributed by atoms with Crippen LogP contribution in [0, 0.1) is 0 Å². The van der Waals surface area contributed by atoms with E-state index in [0.717, 1.165) is 151 Å². The van der Waals surface area contributed by atoms with Crippen molar-refractivity contribution in [2.45, 2.75) is 156 Å². The molecule has 6 nitrogen and oxygen atoms in total. The largest absolute Gasteiger partial charge is 0.493 e. The summed E-state index contributed by atoms with van der Waals surface area (Å²) >= 11 is 0. The normalized spacial score (nSPS) is 11.6. The average molecular weight is 745 g/mol. The number of aliphatic hydroxyl groups excluding tert-OH is 2. The fraction of sp³-hybridized carbons (Fsp3) is 0.625. The SMILES string of the molecule is CCCCCOc1cc2c(cc1CCCCCO)c1cc(OCCCCC)c(OCCCCC)cc1c1cc(CCCCCO)c(OCCCCC)cc12. The molecule has 4 rings (SSSR count). The van der Waals surface area contributed by atoms with Gasteiger partial charge in [0.2, 0.25) is 0 Å². The Labute approximate surface area is 326 Å². The van der Waals surface area contributed by atoms with Crippen molar-refractivity contribution in [3.05, 3.63) is 47.5 Å². The van der Waals surface area contributed by atoms with Crippen molar-refractivity contribution in [2.75, 3.05) is 39.6 Å². The first-order chi connectivity index (χ1) is 26.6. The van der Waals surface area contributed by atoms with Gasteiger partial charge in [-0.15, -0.1) is 0 Å². The molecule has 4 aromatic rings. The van der Waals surface area contributed by atoms with E-state index in [0.29, 0.717) is 26.4 Å². The van der Waals surface area contributed by atoms with Crippen molar-refractivity contribution in [2.24, 2.45) is 0 Å².